The highest BCUT2D eigenvalue weighted by atomic mass is 35.5. The van der Waals surface area contributed by atoms with Gasteiger partial charge in [0, 0.05) is 32.4 Å². The molecule has 0 spiro atoms. The molecule has 0 saturated heterocycles. The van der Waals surface area contributed by atoms with Gasteiger partial charge in [-0.05, 0) is 66.5 Å². The van der Waals surface area contributed by atoms with E-state index in [0.29, 0.717) is 6.54 Å². The lowest BCUT2D eigenvalue weighted by atomic mass is 10.1. The quantitative estimate of drug-likeness (QED) is 0.328. The molecule has 5 rings (SSSR count). The highest BCUT2D eigenvalue weighted by Crippen LogP contribution is 2.21. The van der Waals surface area contributed by atoms with E-state index in [1.54, 1.807) is 18.3 Å². The molecule has 1 aliphatic heterocycles. The number of hydrogen-bond donors (Lipinski definition) is 2. The molecule has 0 radical (unpaired) electrons. The third-order valence-electron chi connectivity index (χ3n) is 6.21. The number of aryl methyl sites for hydroxylation is 4. The summed E-state index contributed by atoms with van der Waals surface area (Å²) >= 11 is 0. The number of anilines is 1. The lowest BCUT2D eigenvalue weighted by Crippen LogP contribution is -2.07. The molecule has 0 atom stereocenters. The molecule has 7 nitrogen and oxygen atoms in total. The van der Waals surface area contributed by atoms with Crippen molar-refractivity contribution in [3.8, 4) is 0 Å². The van der Waals surface area contributed by atoms with Crippen molar-refractivity contribution in [3.63, 3.8) is 0 Å². The zero-order chi connectivity index (χ0) is 26.2. The third-order valence-corrected chi connectivity index (χ3v) is 6.21. The maximum absolute atomic E-state index is 11.1. The summed E-state index contributed by atoms with van der Waals surface area (Å²) in [6, 6.07) is 21.5. The number of allylic oxidation sites excluding steroid dienone is 3. The SMILES string of the molecule is Cc1ccccc1N1C=CC=CC=N1.Cl.Cn1c(CCc2ccc(CN)cc2)nc2cc(C(=O)O)ccc21. The summed E-state index contributed by atoms with van der Waals surface area (Å²) < 4.78 is 2.02. The van der Waals surface area contributed by atoms with Crippen LogP contribution in [0.25, 0.3) is 11.0 Å². The minimum Gasteiger partial charge on any atom is -0.478 e. The molecule has 3 N–H and O–H groups in total. The second kappa shape index (κ2) is 13.4. The number of carbonyl (C=O) groups is 1. The number of rotatable bonds is 6. The number of hydrazone groups is 1. The van der Waals surface area contributed by atoms with Crippen molar-refractivity contribution < 1.29 is 9.90 Å². The summed E-state index contributed by atoms with van der Waals surface area (Å²) in [4.78, 5) is 15.6. The van der Waals surface area contributed by atoms with E-state index in [1.807, 2.05) is 71.4 Å². The molecular formula is C30H32ClN5O2. The van der Waals surface area contributed by atoms with Crippen molar-refractivity contribution in [3.05, 3.63) is 119 Å². The molecule has 1 aliphatic rings. The first-order chi connectivity index (χ1) is 18.0. The smallest absolute Gasteiger partial charge is 0.335 e. The predicted molar refractivity (Wildman–Crippen MR) is 157 cm³/mol. The van der Waals surface area contributed by atoms with Crippen LogP contribution >= 0.6 is 12.4 Å². The lowest BCUT2D eigenvalue weighted by molar-refractivity contribution is 0.0697. The maximum atomic E-state index is 11.1. The van der Waals surface area contributed by atoms with Crippen LogP contribution in [0.3, 0.4) is 0 Å². The number of nitrogens with zero attached hydrogens (tertiary/aromatic N) is 4. The van der Waals surface area contributed by atoms with Gasteiger partial charge in [-0.2, -0.15) is 5.10 Å². The molecule has 0 amide bonds. The molecule has 8 heteroatoms. The van der Waals surface area contributed by atoms with Gasteiger partial charge in [-0.1, -0.05) is 48.5 Å². The Kier molecular flexibility index (Phi) is 9.99. The van der Waals surface area contributed by atoms with E-state index in [9.17, 15) is 4.79 Å². The third kappa shape index (κ3) is 6.97. The van der Waals surface area contributed by atoms with Gasteiger partial charge in [0.25, 0.3) is 0 Å². The van der Waals surface area contributed by atoms with Gasteiger partial charge in [0.2, 0.25) is 0 Å². The summed E-state index contributed by atoms with van der Waals surface area (Å²) in [6.07, 6.45) is 11.3. The van der Waals surface area contributed by atoms with Crippen molar-refractivity contribution in [1.29, 1.82) is 0 Å². The van der Waals surface area contributed by atoms with Crippen LogP contribution in [0.1, 0.15) is 32.9 Å². The Labute approximate surface area is 229 Å². The van der Waals surface area contributed by atoms with Gasteiger partial charge in [0.15, 0.2) is 0 Å². The van der Waals surface area contributed by atoms with Gasteiger partial charge in [-0.15, -0.1) is 12.4 Å². The molecule has 2 heterocycles. The molecule has 0 saturated carbocycles. The Morgan fingerprint density at radius 1 is 0.947 bits per heavy atom. The lowest BCUT2D eigenvalue weighted by Gasteiger charge is -2.15. The summed E-state index contributed by atoms with van der Waals surface area (Å²) in [5.74, 6) is 0.0181. The number of halogens is 1. The number of fused-ring (bicyclic) bond motifs is 1. The van der Waals surface area contributed by atoms with Gasteiger partial charge < -0.3 is 15.4 Å². The van der Waals surface area contributed by atoms with Crippen LogP contribution in [-0.2, 0) is 26.4 Å². The van der Waals surface area contributed by atoms with Crippen molar-refractivity contribution >= 4 is 41.3 Å². The first-order valence-electron chi connectivity index (χ1n) is 12.1. The minimum atomic E-state index is -0.931. The maximum Gasteiger partial charge on any atom is 0.335 e. The Morgan fingerprint density at radius 3 is 2.39 bits per heavy atom. The molecule has 196 valence electrons. The van der Waals surface area contributed by atoms with Crippen LogP contribution in [0.2, 0.25) is 0 Å². The van der Waals surface area contributed by atoms with Gasteiger partial charge in [-0.3, -0.25) is 0 Å². The minimum absolute atomic E-state index is 0. The summed E-state index contributed by atoms with van der Waals surface area (Å²) in [7, 11) is 1.96. The normalized spacial score (nSPS) is 12.0. The molecule has 0 unspecified atom stereocenters. The molecule has 1 aromatic heterocycles. The second-order valence-corrected chi connectivity index (χ2v) is 8.74. The Bertz CT molecular complexity index is 1460. The average molecular weight is 530 g/mol. The van der Waals surface area contributed by atoms with E-state index >= 15 is 0 Å². The Morgan fingerprint density at radius 2 is 1.68 bits per heavy atom. The van der Waals surface area contributed by atoms with E-state index in [0.717, 1.165) is 41.0 Å². The van der Waals surface area contributed by atoms with Gasteiger partial charge >= 0.3 is 5.97 Å². The van der Waals surface area contributed by atoms with Crippen LogP contribution < -0.4 is 10.7 Å². The first-order valence-corrected chi connectivity index (χ1v) is 12.1. The van der Waals surface area contributed by atoms with Crippen LogP contribution in [0, 0.1) is 6.92 Å². The molecular weight excluding hydrogens is 498 g/mol. The summed E-state index contributed by atoms with van der Waals surface area (Å²) in [5.41, 5.74) is 12.2. The van der Waals surface area contributed by atoms with Crippen molar-refractivity contribution in [2.24, 2.45) is 17.9 Å². The first kappa shape index (κ1) is 28.4. The van der Waals surface area contributed by atoms with E-state index in [2.05, 4.69) is 41.3 Å². The van der Waals surface area contributed by atoms with E-state index in [1.165, 1.54) is 11.1 Å². The summed E-state index contributed by atoms with van der Waals surface area (Å²) in [5, 5.41) is 15.2. The highest BCUT2D eigenvalue weighted by molar-refractivity contribution is 5.92. The van der Waals surface area contributed by atoms with Crippen molar-refractivity contribution in [2.75, 3.05) is 5.01 Å². The monoisotopic (exact) mass is 529 g/mol. The molecule has 4 aromatic rings. The van der Waals surface area contributed by atoms with E-state index in [4.69, 9.17) is 10.8 Å². The Balaban J connectivity index is 0.000000229. The zero-order valence-electron chi connectivity index (χ0n) is 21.5. The van der Waals surface area contributed by atoms with Gasteiger partial charge in [-0.25, -0.2) is 14.8 Å². The molecule has 0 fully saturated rings. The number of nitrogens with two attached hydrogens (primary N) is 1. The average Bonchev–Trinajstić information content (AvgIpc) is 3.06. The van der Waals surface area contributed by atoms with Gasteiger partial charge in [0.05, 0.1) is 22.3 Å². The number of carboxylic acid groups (broad SMARTS) is 1. The predicted octanol–water partition coefficient (Wildman–Crippen LogP) is 5.81. The fraction of sp³-hybridized carbons (Fsp3) is 0.167. The Hall–Kier alpha value is -4.20. The number of benzene rings is 3. The number of carboxylic acids is 1. The molecule has 0 bridgehead atoms. The fourth-order valence-electron chi connectivity index (χ4n) is 4.06. The van der Waals surface area contributed by atoms with Crippen LogP contribution in [0.15, 0.2) is 96.3 Å². The summed E-state index contributed by atoms with van der Waals surface area (Å²) in [6.45, 7) is 2.63. The molecule has 3 aromatic carbocycles. The molecule has 38 heavy (non-hydrogen) atoms. The number of aromatic carboxylic acids is 1. The number of para-hydroxylation sites is 1. The van der Waals surface area contributed by atoms with Crippen molar-refractivity contribution in [1.82, 2.24) is 9.55 Å². The van der Waals surface area contributed by atoms with E-state index in [-0.39, 0.29) is 18.0 Å². The second-order valence-electron chi connectivity index (χ2n) is 8.74. The molecule has 0 aliphatic carbocycles. The van der Waals surface area contributed by atoms with Gasteiger partial charge in [0.1, 0.15) is 5.82 Å². The number of imidazole rings is 1. The fourth-order valence-corrected chi connectivity index (χ4v) is 4.06. The van der Waals surface area contributed by atoms with Crippen LogP contribution in [-0.4, -0.2) is 26.8 Å². The van der Waals surface area contributed by atoms with Crippen LogP contribution in [0.5, 0.6) is 0 Å². The van der Waals surface area contributed by atoms with Crippen LogP contribution in [0.4, 0.5) is 5.69 Å². The van der Waals surface area contributed by atoms with E-state index < -0.39 is 5.97 Å². The topological polar surface area (TPSA) is 96.7 Å². The van der Waals surface area contributed by atoms with Crippen molar-refractivity contribution in [2.45, 2.75) is 26.3 Å². The highest BCUT2D eigenvalue weighted by Gasteiger charge is 2.11. The standard InChI is InChI=1S/C18H19N3O2.C12H12N2.ClH/c1-21-16-8-7-14(18(22)23)10-15(16)20-17(21)9-6-12-2-4-13(11-19)5-3-12;1-11-7-3-4-8-12(11)14-10-6-2-5-9-13-14;/h2-5,7-8,10H,6,9,11,19H2,1H3,(H,22,23);2-10H,1H3;1H. The number of hydrogen-bond acceptors (Lipinski definition) is 5. The largest absolute Gasteiger partial charge is 0.478 e. The zero-order valence-corrected chi connectivity index (χ0v) is 22.3. The number of aromatic nitrogens is 2.